The lowest BCUT2D eigenvalue weighted by molar-refractivity contribution is -0.115. The Labute approximate surface area is 116 Å². The molecule has 0 spiro atoms. The van der Waals surface area contributed by atoms with Crippen LogP contribution in [0.5, 0.6) is 0 Å². The van der Waals surface area contributed by atoms with Gasteiger partial charge in [-0.1, -0.05) is 52.0 Å². The summed E-state index contributed by atoms with van der Waals surface area (Å²) in [5.74, 6) is -0.155. The number of thiocarbonyl (C=S) groups is 1. The molecular formula is C14H26N2OS. The van der Waals surface area contributed by atoms with Crippen molar-refractivity contribution in [1.29, 1.82) is 0 Å². The lowest BCUT2D eigenvalue weighted by Crippen LogP contribution is -2.38. The number of hydrogen-bond acceptors (Lipinski definition) is 2. The van der Waals surface area contributed by atoms with Gasteiger partial charge in [0.05, 0.1) is 0 Å². The summed E-state index contributed by atoms with van der Waals surface area (Å²) in [5, 5.41) is 6.09. The van der Waals surface area contributed by atoms with E-state index in [1.54, 1.807) is 0 Å². The van der Waals surface area contributed by atoms with Gasteiger partial charge in [0.15, 0.2) is 5.11 Å². The predicted molar refractivity (Wildman–Crippen MR) is 81.6 cm³/mol. The zero-order valence-electron chi connectivity index (χ0n) is 11.6. The van der Waals surface area contributed by atoms with Crippen molar-refractivity contribution in [3.63, 3.8) is 0 Å². The van der Waals surface area contributed by atoms with E-state index >= 15 is 0 Å². The number of rotatable bonds is 9. The van der Waals surface area contributed by atoms with Gasteiger partial charge >= 0.3 is 0 Å². The van der Waals surface area contributed by atoms with Gasteiger partial charge in [0.1, 0.15) is 0 Å². The number of hydrogen-bond donors (Lipinski definition) is 2. The van der Waals surface area contributed by atoms with Crippen LogP contribution in [0.15, 0.2) is 12.2 Å². The van der Waals surface area contributed by atoms with E-state index in [9.17, 15) is 4.79 Å². The van der Waals surface area contributed by atoms with E-state index in [4.69, 9.17) is 12.2 Å². The first kappa shape index (κ1) is 17.1. The van der Waals surface area contributed by atoms with E-state index < -0.39 is 0 Å². The number of nitrogens with one attached hydrogen (secondary N) is 2. The topological polar surface area (TPSA) is 41.1 Å². The highest BCUT2D eigenvalue weighted by Gasteiger charge is 1.99. The quantitative estimate of drug-likeness (QED) is 0.384. The highest BCUT2D eigenvalue weighted by molar-refractivity contribution is 7.80. The first-order valence-electron chi connectivity index (χ1n) is 6.96. The van der Waals surface area contributed by atoms with Gasteiger partial charge in [0.25, 0.3) is 0 Å². The summed E-state index contributed by atoms with van der Waals surface area (Å²) >= 11 is 5.02. The molecule has 0 heterocycles. The Hall–Kier alpha value is -0.900. The minimum atomic E-state index is -0.155. The molecular weight excluding hydrogens is 244 g/mol. The summed E-state index contributed by atoms with van der Waals surface area (Å²) in [5.41, 5.74) is 0. The van der Waals surface area contributed by atoms with E-state index in [0.717, 1.165) is 19.4 Å². The van der Waals surface area contributed by atoms with Crippen molar-refractivity contribution in [2.45, 2.75) is 58.8 Å². The van der Waals surface area contributed by atoms with Gasteiger partial charge < -0.3 is 5.32 Å². The maximum Gasteiger partial charge on any atom is 0.249 e. The standard InChI is InChI=1S/C14H26N2OS/c1-3-5-7-8-9-10-12-15-14(18)16-13(17)11-6-4-2/h6,11H,3-5,7-10,12H2,1-2H3,(H2,15,16,17,18)/b11-6+. The second-order valence-corrected chi connectivity index (χ2v) is 4.73. The minimum absolute atomic E-state index is 0.155. The average Bonchev–Trinajstić information content (AvgIpc) is 2.35. The Kier molecular flexibility index (Phi) is 11.9. The van der Waals surface area contributed by atoms with Crippen LogP contribution in [-0.2, 0) is 4.79 Å². The molecule has 0 atom stereocenters. The van der Waals surface area contributed by atoms with Crippen molar-refractivity contribution < 1.29 is 4.79 Å². The zero-order chi connectivity index (χ0) is 13.6. The van der Waals surface area contributed by atoms with E-state index in [-0.39, 0.29) is 5.91 Å². The normalized spacial score (nSPS) is 10.6. The van der Waals surface area contributed by atoms with Crippen LogP contribution in [0.2, 0.25) is 0 Å². The van der Waals surface area contributed by atoms with Crippen LogP contribution in [0.1, 0.15) is 58.8 Å². The van der Waals surface area contributed by atoms with Crippen LogP contribution in [-0.4, -0.2) is 17.6 Å². The molecule has 0 aliphatic heterocycles. The fraction of sp³-hybridized carbons (Fsp3) is 0.714. The molecule has 4 heteroatoms. The van der Waals surface area contributed by atoms with Crippen molar-refractivity contribution >= 4 is 23.2 Å². The van der Waals surface area contributed by atoms with Crippen molar-refractivity contribution in [3.8, 4) is 0 Å². The van der Waals surface area contributed by atoms with Crippen LogP contribution >= 0.6 is 12.2 Å². The van der Waals surface area contributed by atoms with Crippen molar-refractivity contribution in [3.05, 3.63) is 12.2 Å². The molecule has 0 aromatic carbocycles. The third-order valence-corrected chi connectivity index (χ3v) is 2.80. The van der Waals surface area contributed by atoms with Crippen molar-refractivity contribution in [2.24, 2.45) is 0 Å². The number of amides is 1. The predicted octanol–water partition coefficient (Wildman–Crippen LogP) is 3.30. The summed E-state index contributed by atoms with van der Waals surface area (Å²) in [6, 6.07) is 0. The SMILES string of the molecule is CC/C=C/C(=O)NC(=S)NCCCCCCCC. The van der Waals surface area contributed by atoms with Gasteiger partial charge in [-0.05, 0) is 31.1 Å². The van der Waals surface area contributed by atoms with Gasteiger partial charge in [0, 0.05) is 6.54 Å². The Morgan fingerprint density at radius 3 is 2.44 bits per heavy atom. The molecule has 0 radical (unpaired) electrons. The molecule has 0 aliphatic rings. The van der Waals surface area contributed by atoms with E-state index in [0.29, 0.717) is 5.11 Å². The summed E-state index contributed by atoms with van der Waals surface area (Å²) < 4.78 is 0. The van der Waals surface area contributed by atoms with Crippen LogP contribution in [0.4, 0.5) is 0 Å². The Morgan fingerprint density at radius 1 is 1.11 bits per heavy atom. The smallest absolute Gasteiger partial charge is 0.249 e. The first-order chi connectivity index (χ1) is 8.70. The fourth-order valence-corrected chi connectivity index (χ4v) is 1.73. The molecule has 0 rings (SSSR count). The summed E-state index contributed by atoms with van der Waals surface area (Å²) in [6.45, 7) is 5.04. The zero-order valence-corrected chi connectivity index (χ0v) is 12.4. The number of unbranched alkanes of at least 4 members (excludes halogenated alkanes) is 5. The maximum atomic E-state index is 11.3. The average molecular weight is 270 g/mol. The van der Waals surface area contributed by atoms with Crippen molar-refractivity contribution in [1.82, 2.24) is 10.6 Å². The minimum Gasteiger partial charge on any atom is -0.362 e. The largest absolute Gasteiger partial charge is 0.362 e. The van der Waals surface area contributed by atoms with Crippen LogP contribution in [0.3, 0.4) is 0 Å². The molecule has 1 amide bonds. The monoisotopic (exact) mass is 270 g/mol. The lowest BCUT2D eigenvalue weighted by Gasteiger charge is -2.07. The molecule has 3 nitrogen and oxygen atoms in total. The first-order valence-corrected chi connectivity index (χ1v) is 7.36. The van der Waals surface area contributed by atoms with Gasteiger partial charge in [-0.2, -0.15) is 0 Å². The highest BCUT2D eigenvalue weighted by atomic mass is 32.1. The maximum absolute atomic E-state index is 11.3. The molecule has 0 aromatic heterocycles. The number of carbonyl (C=O) groups is 1. The molecule has 0 aromatic rings. The van der Waals surface area contributed by atoms with Crippen LogP contribution in [0.25, 0.3) is 0 Å². The molecule has 18 heavy (non-hydrogen) atoms. The summed E-state index contributed by atoms with van der Waals surface area (Å²) in [4.78, 5) is 11.3. The van der Waals surface area contributed by atoms with Gasteiger partial charge in [-0.15, -0.1) is 0 Å². The Balaban J connectivity index is 3.42. The van der Waals surface area contributed by atoms with Crippen LogP contribution in [0, 0.1) is 0 Å². The summed E-state index contributed by atoms with van der Waals surface area (Å²) in [6.07, 6.45) is 11.7. The van der Waals surface area contributed by atoms with Gasteiger partial charge in [-0.3, -0.25) is 10.1 Å². The molecule has 0 fully saturated rings. The summed E-state index contributed by atoms with van der Waals surface area (Å²) in [7, 11) is 0. The molecule has 0 unspecified atom stereocenters. The van der Waals surface area contributed by atoms with Crippen LogP contribution < -0.4 is 10.6 Å². The van der Waals surface area contributed by atoms with E-state index in [1.807, 2.05) is 13.0 Å². The highest BCUT2D eigenvalue weighted by Crippen LogP contribution is 2.03. The van der Waals surface area contributed by atoms with Gasteiger partial charge in [0.2, 0.25) is 5.91 Å². The van der Waals surface area contributed by atoms with Gasteiger partial charge in [-0.25, -0.2) is 0 Å². The second-order valence-electron chi connectivity index (χ2n) is 4.32. The second kappa shape index (κ2) is 12.6. The molecule has 0 aliphatic carbocycles. The number of allylic oxidation sites excluding steroid dienone is 1. The molecule has 104 valence electrons. The molecule has 0 saturated carbocycles. The lowest BCUT2D eigenvalue weighted by atomic mass is 10.1. The Bertz CT molecular complexity index is 265. The molecule has 0 bridgehead atoms. The Morgan fingerprint density at radius 2 is 1.78 bits per heavy atom. The third-order valence-electron chi connectivity index (χ3n) is 2.56. The van der Waals surface area contributed by atoms with Crippen molar-refractivity contribution in [2.75, 3.05) is 6.54 Å². The van der Waals surface area contributed by atoms with E-state index in [1.165, 1.54) is 38.2 Å². The van der Waals surface area contributed by atoms with E-state index in [2.05, 4.69) is 17.6 Å². The molecule has 2 N–H and O–H groups in total. The third kappa shape index (κ3) is 11.6. The molecule has 0 saturated heterocycles. The fourth-order valence-electron chi connectivity index (χ4n) is 1.53. The number of carbonyl (C=O) groups excluding carboxylic acids is 1.